The summed E-state index contributed by atoms with van der Waals surface area (Å²) in [6.07, 6.45) is -1.10. The quantitative estimate of drug-likeness (QED) is 0.602. The molecule has 16 heavy (non-hydrogen) atoms. The number of hydrogen-bond donors (Lipinski definition) is 2. The van der Waals surface area contributed by atoms with Crippen LogP contribution in [0.25, 0.3) is 0 Å². The van der Waals surface area contributed by atoms with Crippen LogP contribution in [0.4, 0.5) is 0 Å². The molecule has 2 atom stereocenters. The monoisotopic (exact) mass is 229 g/mol. The maximum atomic E-state index is 9.43. The number of hydrogen-bond acceptors (Lipinski definition) is 5. The van der Waals surface area contributed by atoms with E-state index in [9.17, 15) is 10.2 Å². The average Bonchev–Trinajstić information content (AvgIpc) is 2.58. The fraction of sp³-hybridized carbons (Fsp3) is 1.00. The van der Waals surface area contributed by atoms with Crippen LogP contribution in [0, 0.1) is 0 Å². The molecule has 2 rings (SSSR count). The normalized spacial score (nSPS) is 34.7. The fourth-order valence-corrected chi connectivity index (χ4v) is 2.38. The number of β-amino-alcohol motifs (C(OH)–C–C–N with tert-alkyl or cyclic N) is 2. The number of aliphatic hydroxyl groups excluding tert-OH is 2. The average molecular weight is 229 g/mol. The largest absolute Gasteiger partial charge is 0.389 e. The maximum Gasteiger partial charge on any atom is 0.0938 e. The van der Waals surface area contributed by atoms with Crippen LogP contribution >= 0.6 is 0 Å². The van der Waals surface area contributed by atoms with E-state index in [2.05, 4.69) is 21.7 Å². The van der Waals surface area contributed by atoms with E-state index >= 15 is 0 Å². The SMILES string of the molecule is CN1CCN(CCN2CC(O)C(O)C2)CC1. The summed E-state index contributed by atoms with van der Waals surface area (Å²) >= 11 is 0. The van der Waals surface area contributed by atoms with Crippen LogP contribution in [0.5, 0.6) is 0 Å². The van der Waals surface area contributed by atoms with Crippen molar-refractivity contribution < 1.29 is 10.2 Å². The highest BCUT2D eigenvalue weighted by Gasteiger charge is 2.29. The molecule has 94 valence electrons. The first kappa shape index (κ1) is 12.3. The van der Waals surface area contributed by atoms with Crippen molar-refractivity contribution in [2.45, 2.75) is 12.2 Å². The molecule has 2 fully saturated rings. The summed E-state index contributed by atoms with van der Waals surface area (Å²) in [6.45, 7) is 7.80. The van der Waals surface area contributed by atoms with Crippen molar-refractivity contribution in [1.29, 1.82) is 0 Å². The molecule has 0 bridgehead atoms. The topological polar surface area (TPSA) is 50.2 Å². The molecule has 2 aliphatic heterocycles. The van der Waals surface area contributed by atoms with Crippen molar-refractivity contribution in [3.05, 3.63) is 0 Å². The van der Waals surface area contributed by atoms with Crippen molar-refractivity contribution in [3.8, 4) is 0 Å². The Balaban J connectivity index is 1.64. The Hall–Kier alpha value is -0.200. The molecule has 2 unspecified atom stereocenters. The molecule has 0 saturated carbocycles. The molecule has 0 aromatic heterocycles. The van der Waals surface area contributed by atoms with Gasteiger partial charge in [0, 0.05) is 52.4 Å². The zero-order valence-electron chi connectivity index (χ0n) is 10.0. The standard InChI is InChI=1S/C11H23N3O2/c1-12-2-4-13(5-3-12)6-7-14-8-10(15)11(16)9-14/h10-11,15-16H,2-9H2,1H3. The Morgan fingerprint density at radius 2 is 1.38 bits per heavy atom. The summed E-state index contributed by atoms with van der Waals surface area (Å²) < 4.78 is 0. The van der Waals surface area contributed by atoms with E-state index in [0.717, 1.165) is 39.3 Å². The first-order valence-electron chi connectivity index (χ1n) is 6.14. The van der Waals surface area contributed by atoms with E-state index in [4.69, 9.17) is 0 Å². The molecule has 2 aliphatic rings. The summed E-state index contributed by atoms with van der Waals surface area (Å²) in [5.74, 6) is 0. The summed E-state index contributed by atoms with van der Waals surface area (Å²) in [5, 5.41) is 18.9. The molecule has 0 amide bonds. The van der Waals surface area contributed by atoms with Crippen molar-refractivity contribution in [1.82, 2.24) is 14.7 Å². The molecule has 0 aromatic rings. The second-order valence-electron chi connectivity index (χ2n) is 5.04. The minimum Gasteiger partial charge on any atom is -0.389 e. The zero-order valence-corrected chi connectivity index (χ0v) is 10.0. The van der Waals surface area contributed by atoms with Gasteiger partial charge in [0.25, 0.3) is 0 Å². The maximum absolute atomic E-state index is 9.43. The summed E-state index contributed by atoms with van der Waals surface area (Å²) in [4.78, 5) is 6.95. The van der Waals surface area contributed by atoms with Gasteiger partial charge in [0.2, 0.25) is 0 Å². The van der Waals surface area contributed by atoms with Crippen molar-refractivity contribution in [2.24, 2.45) is 0 Å². The van der Waals surface area contributed by atoms with Crippen molar-refractivity contribution >= 4 is 0 Å². The van der Waals surface area contributed by atoms with Gasteiger partial charge in [0.05, 0.1) is 12.2 Å². The van der Waals surface area contributed by atoms with Crippen LogP contribution < -0.4 is 0 Å². The lowest BCUT2D eigenvalue weighted by molar-refractivity contribution is 0.0572. The van der Waals surface area contributed by atoms with Crippen LogP contribution in [0.1, 0.15) is 0 Å². The number of likely N-dealkylation sites (N-methyl/N-ethyl adjacent to an activating group) is 1. The summed E-state index contributed by atoms with van der Waals surface area (Å²) in [7, 11) is 2.16. The van der Waals surface area contributed by atoms with Gasteiger partial charge in [0.15, 0.2) is 0 Å². The van der Waals surface area contributed by atoms with E-state index < -0.39 is 12.2 Å². The minimum atomic E-state index is -0.549. The van der Waals surface area contributed by atoms with Gasteiger partial charge < -0.3 is 15.1 Å². The number of likely N-dealkylation sites (tertiary alicyclic amines) is 1. The van der Waals surface area contributed by atoms with Gasteiger partial charge >= 0.3 is 0 Å². The van der Waals surface area contributed by atoms with Gasteiger partial charge in [-0.25, -0.2) is 0 Å². The van der Waals surface area contributed by atoms with Gasteiger partial charge in [-0.2, -0.15) is 0 Å². The van der Waals surface area contributed by atoms with Gasteiger partial charge in [-0.15, -0.1) is 0 Å². The van der Waals surface area contributed by atoms with Crippen LogP contribution in [-0.4, -0.2) is 96.5 Å². The first-order valence-corrected chi connectivity index (χ1v) is 6.14. The molecule has 2 heterocycles. The number of piperazine rings is 1. The lowest BCUT2D eigenvalue weighted by Crippen LogP contribution is -2.46. The van der Waals surface area contributed by atoms with Crippen LogP contribution in [-0.2, 0) is 0 Å². The smallest absolute Gasteiger partial charge is 0.0938 e. The molecule has 2 saturated heterocycles. The highest BCUT2D eigenvalue weighted by atomic mass is 16.3. The lowest BCUT2D eigenvalue weighted by atomic mass is 10.3. The van der Waals surface area contributed by atoms with E-state index in [1.807, 2.05) is 0 Å². The third-order valence-electron chi connectivity index (χ3n) is 3.66. The Labute approximate surface area is 97.2 Å². The predicted molar refractivity (Wildman–Crippen MR) is 62.4 cm³/mol. The van der Waals surface area contributed by atoms with Gasteiger partial charge in [0.1, 0.15) is 0 Å². The summed E-state index contributed by atoms with van der Waals surface area (Å²) in [5.41, 5.74) is 0. The Bertz CT molecular complexity index is 209. The molecule has 5 heteroatoms. The fourth-order valence-electron chi connectivity index (χ4n) is 2.38. The first-order chi connectivity index (χ1) is 7.65. The van der Waals surface area contributed by atoms with Crippen LogP contribution in [0.15, 0.2) is 0 Å². The van der Waals surface area contributed by atoms with Crippen LogP contribution in [0.3, 0.4) is 0 Å². The third-order valence-corrected chi connectivity index (χ3v) is 3.66. The van der Waals surface area contributed by atoms with E-state index in [-0.39, 0.29) is 0 Å². The van der Waals surface area contributed by atoms with Crippen molar-refractivity contribution in [3.63, 3.8) is 0 Å². The van der Waals surface area contributed by atoms with Crippen LogP contribution in [0.2, 0.25) is 0 Å². The number of nitrogens with zero attached hydrogens (tertiary/aromatic N) is 3. The Kier molecular flexibility index (Phi) is 4.16. The zero-order chi connectivity index (χ0) is 11.5. The highest BCUT2D eigenvalue weighted by Crippen LogP contribution is 2.09. The van der Waals surface area contributed by atoms with E-state index in [1.165, 1.54) is 0 Å². The predicted octanol–water partition coefficient (Wildman–Crippen LogP) is -1.73. The van der Waals surface area contributed by atoms with E-state index in [0.29, 0.717) is 13.1 Å². The second kappa shape index (κ2) is 5.42. The molecule has 5 nitrogen and oxygen atoms in total. The molecule has 0 aromatic carbocycles. The van der Waals surface area contributed by atoms with E-state index in [1.54, 1.807) is 0 Å². The minimum absolute atomic E-state index is 0.549. The molecule has 2 N–H and O–H groups in total. The Morgan fingerprint density at radius 3 is 1.94 bits per heavy atom. The number of aliphatic hydroxyl groups is 2. The number of rotatable bonds is 3. The Morgan fingerprint density at radius 1 is 0.875 bits per heavy atom. The van der Waals surface area contributed by atoms with Gasteiger partial charge in [-0.3, -0.25) is 9.80 Å². The van der Waals surface area contributed by atoms with Gasteiger partial charge in [-0.05, 0) is 7.05 Å². The molecular formula is C11H23N3O2. The molecule has 0 aliphatic carbocycles. The third kappa shape index (κ3) is 3.15. The molecule has 0 spiro atoms. The second-order valence-corrected chi connectivity index (χ2v) is 5.04. The molecule has 0 radical (unpaired) electrons. The lowest BCUT2D eigenvalue weighted by Gasteiger charge is -2.33. The summed E-state index contributed by atoms with van der Waals surface area (Å²) in [6, 6.07) is 0. The highest BCUT2D eigenvalue weighted by molar-refractivity contribution is 4.83. The van der Waals surface area contributed by atoms with Crippen molar-refractivity contribution in [2.75, 3.05) is 59.4 Å². The van der Waals surface area contributed by atoms with Gasteiger partial charge in [-0.1, -0.05) is 0 Å². The molecular weight excluding hydrogens is 206 g/mol.